The van der Waals surface area contributed by atoms with Crippen LogP contribution in [0.15, 0.2) is 0 Å². The molecule has 2 nitrogen and oxygen atoms in total. The lowest BCUT2D eigenvalue weighted by Crippen LogP contribution is -2.60. The fraction of sp³-hybridized carbons (Fsp3) is 0.944. The molecule has 0 heterocycles. The minimum Gasteiger partial charge on any atom is -0.350 e. The first-order valence-electron chi connectivity index (χ1n) is 9.13. The molecule has 118 valence electrons. The van der Waals surface area contributed by atoms with Crippen molar-refractivity contribution in [2.24, 2.45) is 17.8 Å². The summed E-state index contributed by atoms with van der Waals surface area (Å²) in [6.07, 6.45) is 15.0. The molecule has 0 saturated heterocycles. The zero-order chi connectivity index (χ0) is 14.3. The maximum absolute atomic E-state index is 12.4. The van der Waals surface area contributed by atoms with Crippen LogP contribution in [0, 0.1) is 17.8 Å². The van der Waals surface area contributed by atoms with Gasteiger partial charge < -0.3 is 5.32 Å². The highest BCUT2D eigenvalue weighted by atomic mass is 32.2. The zero-order valence-electron chi connectivity index (χ0n) is 13.1. The first-order valence-corrected chi connectivity index (χ1v) is 10.2. The molecule has 0 unspecified atom stereocenters. The smallest absolute Gasteiger partial charge is 0.230 e. The molecule has 5 fully saturated rings. The van der Waals surface area contributed by atoms with Gasteiger partial charge in [0.05, 0.1) is 5.75 Å². The van der Waals surface area contributed by atoms with E-state index >= 15 is 0 Å². The van der Waals surface area contributed by atoms with E-state index in [1.165, 1.54) is 70.6 Å². The number of rotatable bonds is 4. The second-order valence-corrected chi connectivity index (χ2v) is 9.61. The van der Waals surface area contributed by atoms with E-state index in [0.717, 1.165) is 23.0 Å². The quantitative estimate of drug-likeness (QED) is 0.846. The molecule has 1 N–H and O–H groups in total. The van der Waals surface area contributed by atoms with Gasteiger partial charge in [0.2, 0.25) is 5.91 Å². The molecule has 0 spiro atoms. The Bertz CT molecular complexity index is 367. The molecule has 0 radical (unpaired) electrons. The molecule has 0 aromatic carbocycles. The molecule has 0 aliphatic heterocycles. The zero-order valence-corrected chi connectivity index (χ0v) is 13.9. The van der Waals surface area contributed by atoms with Crippen LogP contribution < -0.4 is 5.32 Å². The summed E-state index contributed by atoms with van der Waals surface area (Å²) in [7, 11) is 0. The van der Waals surface area contributed by atoms with Gasteiger partial charge in [-0.15, -0.1) is 11.8 Å². The molecule has 0 atom stereocenters. The molecule has 4 bridgehead atoms. The maximum Gasteiger partial charge on any atom is 0.230 e. The maximum atomic E-state index is 12.4. The molecule has 3 heteroatoms. The first kappa shape index (κ1) is 14.4. The third-order valence-electron chi connectivity index (χ3n) is 6.45. The fourth-order valence-electron chi connectivity index (χ4n) is 6.02. The SMILES string of the molecule is O=C(CSC1CCCCC1)NC12CC3CC(CC(C3)C1)C2. The summed E-state index contributed by atoms with van der Waals surface area (Å²) in [5.74, 6) is 3.78. The highest BCUT2D eigenvalue weighted by molar-refractivity contribution is 8.00. The Morgan fingerprint density at radius 3 is 2.10 bits per heavy atom. The first-order chi connectivity index (χ1) is 10.2. The third-order valence-corrected chi connectivity index (χ3v) is 7.82. The van der Waals surface area contributed by atoms with Gasteiger partial charge in [-0.1, -0.05) is 19.3 Å². The largest absolute Gasteiger partial charge is 0.350 e. The summed E-state index contributed by atoms with van der Waals surface area (Å²) in [5, 5.41) is 4.26. The Morgan fingerprint density at radius 2 is 1.52 bits per heavy atom. The lowest BCUT2D eigenvalue weighted by molar-refractivity contribution is -0.124. The van der Waals surface area contributed by atoms with Crippen LogP contribution in [0.25, 0.3) is 0 Å². The van der Waals surface area contributed by atoms with E-state index in [1.807, 2.05) is 11.8 Å². The van der Waals surface area contributed by atoms with E-state index in [4.69, 9.17) is 0 Å². The predicted octanol–water partition coefficient (Wildman–Crippen LogP) is 4.14. The summed E-state index contributed by atoms with van der Waals surface area (Å²) in [6.45, 7) is 0. The van der Waals surface area contributed by atoms with Crippen LogP contribution in [0.3, 0.4) is 0 Å². The standard InChI is InChI=1S/C18H29NOS/c20-17(12-21-16-4-2-1-3-5-16)19-18-9-13-6-14(10-18)8-15(7-13)11-18/h13-16H,1-12H2,(H,19,20). The van der Waals surface area contributed by atoms with Gasteiger partial charge in [0.15, 0.2) is 0 Å². The Kier molecular flexibility index (Phi) is 3.97. The summed E-state index contributed by atoms with van der Waals surface area (Å²) in [5.41, 5.74) is 0.207. The van der Waals surface area contributed by atoms with Gasteiger partial charge in [-0.3, -0.25) is 4.79 Å². The summed E-state index contributed by atoms with van der Waals surface area (Å²) >= 11 is 1.92. The van der Waals surface area contributed by atoms with Crippen molar-refractivity contribution in [3.63, 3.8) is 0 Å². The third kappa shape index (κ3) is 3.13. The Labute approximate surface area is 133 Å². The van der Waals surface area contributed by atoms with Crippen molar-refractivity contribution < 1.29 is 4.79 Å². The monoisotopic (exact) mass is 307 g/mol. The summed E-state index contributed by atoms with van der Waals surface area (Å²) in [6, 6.07) is 0. The molecular formula is C18H29NOS. The van der Waals surface area contributed by atoms with Crippen LogP contribution in [0.1, 0.15) is 70.6 Å². The number of nitrogens with one attached hydrogen (secondary N) is 1. The Hall–Kier alpha value is -0.180. The normalized spacial score (nSPS) is 42.2. The van der Waals surface area contributed by atoms with E-state index in [9.17, 15) is 4.79 Å². The van der Waals surface area contributed by atoms with Gasteiger partial charge in [-0.05, 0) is 69.1 Å². The van der Waals surface area contributed by atoms with Crippen LogP contribution in [0.2, 0.25) is 0 Å². The topological polar surface area (TPSA) is 29.1 Å². The number of carbonyl (C=O) groups is 1. The predicted molar refractivity (Wildman–Crippen MR) is 88.4 cm³/mol. The van der Waals surface area contributed by atoms with Crippen LogP contribution in [0.5, 0.6) is 0 Å². The lowest BCUT2D eigenvalue weighted by atomic mass is 9.53. The Morgan fingerprint density at radius 1 is 0.952 bits per heavy atom. The number of thioether (sulfide) groups is 1. The van der Waals surface area contributed by atoms with Gasteiger partial charge in [0.25, 0.3) is 0 Å². The fourth-order valence-corrected chi connectivity index (χ4v) is 7.15. The molecule has 0 aromatic rings. The van der Waals surface area contributed by atoms with E-state index in [1.54, 1.807) is 0 Å². The van der Waals surface area contributed by atoms with Gasteiger partial charge in [0, 0.05) is 10.8 Å². The Balaban J connectivity index is 1.30. The van der Waals surface area contributed by atoms with E-state index in [0.29, 0.717) is 11.7 Å². The molecule has 5 aliphatic carbocycles. The number of hydrogen-bond donors (Lipinski definition) is 1. The number of hydrogen-bond acceptors (Lipinski definition) is 2. The van der Waals surface area contributed by atoms with Gasteiger partial charge in [0.1, 0.15) is 0 Å². The van der Waals surface area contributed by atoms with Crippen molar-refractivity contribution in [1.29, 1.82) is 0 Å². The van der Waals surface area contributed by atoms with Crippen molar-refractivity contribution in [2.75, 3.05) is 5.75 Å². The van der Waals surface area contributed by atoms with Gasteiger partial charge >= 0.3 is 0 Å². The molecule has 5 aliphatic rings. The van der Waals surface area contributed by atoms with Gasteiger partial charge in [-0.2, -0.15) is 0 Å². The highest BCUT2D eigenvalue weighted by Gasteiger charge is 2.51. The minimum absolute atomic E-state index is 0.207. The van der Waals surface area contributed by atoms with E-state index in [-0.39, 0.29) is 5.54 Å². The number of carbonyl (C=O) groups excluding carboxylic acids is 1. The summed E-state index contributed by atoms with van der Waals surface area (Å²) < 4.78 is 0. The van der Waals surface area contributed by atoms with Crippen LogP contribution in [0.4, 0.5) is 0 Å². The second-order valence-electron chi connectivity index (χ2n) is 8.32. The molecule has 21 heavy (non-hydrogen) atoms. The van der Waals surface area contributed by atoms with Crippen molar-refractivity contribution in [3.05, 3.63) is 0 Å². The van der Waals surface area contributed by atoms with E-state index < -0.39 is 0 Å². The molecule has 5 rings (SSSR count). The molecule has 0 aromatic heterocycles. The molecule has 1 amide bonds. The lowest BCUT2D eigenvalue weighted by Gasteiger charge is -2.56. The number of amides is 1. The molecule has 5 saturated carbocycles. The van der Waals surface area contributed by atoms with E-state index in [2.05, 4.69) is 5.32 Å². The van der Waals surface area contributed by atoms with Crippen molar-refractivity contribution >= 4 is 17.7 Å². The van der Waals surface area contributed by atoms with Crippen LogP contribution >= 0.6 is 11.8 Å². The van der Waals surface area contributed by atoms with Crippen molar-refractivity contribution in [2.45, 2.75) is 81.4 Å². The van der Waals surface area contributed by atoms with Crippen molar-refractivity contribution in [3.8, 4) is 0 Å². The average molecular weight is 308 g/mol. The van der Waals surface area contributed by atoms with Crippen LogP contribution in [-0.4, -0.2) is 22.4 Å². The summed E-state index contributed by atoms with van der Waals surface area (Å²) in [4.78, 5) is 12.4. The second kappa shape index (κ2) is 5.79. The van der Waals surface area contributed by atoms with Crippen LogP contribution in [-0.2, 0) is 4.79 Å². The minimum atomic E-state index is 0.207. The van der Waals surface area contributed by atoms with Crippen molar-refractivity contribution in [1.82, 2.24) is 5.32 Å². The highest BCUT2D eigenvalue weighted by Crippen LogP contribution is 2.55. The average Bonchev–Trinajstić information content (AvgIpc) is 2.44. The molecular weight excluding hydrogens is 278 g/mol. The van der Waals surface area contributed by atoms with Gasteiger partial charge in [-0.25, -0.2) is 0 Å².